The van der Waals surface area contributed by atoms with Crippen LogP contribution in [0.25, 0.3) is 0 Å². The third-order valence-electron chi connectivity index (χ3n) is 3.17. The summed E-state index contributed by atoms with van der Waals surface area (Å²) in [4.78, 5) is 0. The van der Waals surface area contributed by atoms with E-state index in [0.717, 1.165) is 26.0 Å². The number of rotatable bonds is 4. The zero-order valence-electron chi connectivity index (χ0n) is 9.93. The highest BCUT2D eigenvalue weighted by molar-refractivity contribution is 5.14. The average Bonchev–Trinajstić information content (AvgIpc) is 2.42. The van der Waals surface area contributed by atoms with E-state index >= 15 is 0 Å². The van der Waals surface area contributed by atoms with Crippen molar-refractivity contribution >= 4 is 0 Å². The largest absolute Gasteiger partial charge is 0.381 e. The van der Waals surface area contributed by atoms with Gasteiger partial charge in [0.15, 0.2) is 0 Å². The Morgan fingerprint density at radius 2 is 2.24 bits per heavy atom. The Labute approximate surface area is 102 Å². The van der Waals surface area contributed by atoms with Crippen LogP contribution in [-0.2, 0) is 11.3 Å². The van der Waals surface area contributed by atoms with Crippen molar-refractivity contribution in [3.05, 3.63) is 35.9 Å². The van der Waals surface area contributed by atoms with Crippen LogP contribution in [0.2, 0.25) is 0 Å². The minimum Gasteiger partial charge on any atom is -0.381 e. The van der Waals surface area contributed by atoms with Gasteiger partial charge in [0, 0.05) is 19.1 Å². The standard InChI is InChI=1S/C14H18N2O/c15-9-14(13-7-4-8-17-11-13)16-10-12-5-2-1-3-6-12/h1-3,5-6,13-14,16H,4,7-8,10-11H2. The Morgan fingerprint density at radius 1 is 1.41 bits per heavy atom. The second-order valence-corrected chi connectivity index (χ2v) is 4.45. The van der Waals surface area contributed by atoms with Gasteiger partial charge in [0.05, 0.1) is 12.7 Å². The summed E-state index contributed by atoms with van der Waals surface area (Å²) in [6.45, 7) is 2.29. The summed E-state index contributed by atoms with van der Waals surface area (Å²) in [6.07, 6.45) is 2.15. The lowest BCUT2D eigenvalue weighted by atomic mass is 9.94. The van der Waals surface area contributed by atoms with Gasteiger partial charge in [-0.3, -0.25) is 5.32 Å². The lowest BCUT2D eigenvalue weighted by molar-refractivity contribution is 0.0465. The third-order valence-corrected chi connectivity index (χ3v) is 3.17. The highest BCUT2D eigenvalue weighted by Crippen LogP contribution is 2.17. The van der Waals surface area contributed by atoms with E-state index in [1.807, 2.05) is 18.2 Å². The Bertz CT molecular complexity index is 366. The molecule has 0 radical (unpaired) electrons. The molecule has 0 bridgehead atoms. The monoisotopic (exact) mass is 230 g/mol. The molecule has 1 heterocycles. The van der Waals surface area contributed by atoms with E-state index in [0.29, 0.717) is 12.5 Å². The molecule has 1 fully saturated rings. The molecule has 0 aromatic heterocycles. The topological polar surface area (TPSA) is 45.0 Å². The maximum atomic E-state index is 9.19. The highest BCUT2D eigenvalue weighted by atomic mass is 16.5. The van der Waals surface area contributed by atoms with Gasteiger partial charge in [0.1, 0.15) is 6.04 Å². The van der Waals surface area contributed by atoms with Crippen molar-refractivity contribution in [2.45, 2.75) is 25.4 Å². The highest BCUT2D eigenvalue weighted by Gasteiger charge is 2.23. The van der Waals surface area contributed by atoms with Crippen molar-refractivity contribution in [1.29, 1.82) is 5.26 Å². The fourth-order valence-electron chi connectivity index (χ4n) is 2.17. The van der Waals surface area contributed by atoms with Crippen LogP contribution in [-0.4, -0.2) is 19.3 Å². The minimum absolute atomic E-state index is 0.101. The fraction of sp³-hybridized carbons (Fsp3) is 0.500. The zero-order valence-corrected chi connectivity index (χ0v) is 9.93. The van der Waals surface area contributed by atoms with Crippen LogP contribution in [0.1, 0.15) is 18.4 Å². The molecule has 2 atom stereocenters. The molecule has 0 aliphatic carbocycles. The van der Waals surface area contributed by atoms with Crippen LogP contribution < -0.4 is 5.32 Å². The van der Waals surface area contributed by atoms with Gasteiger partial charge < -0.3 is 4.74 Å². The van der Waals surface area contributed by atoms with E-state index in [2.05, 4.69) is 23.5 Å². The van der Waals surface area contributed by atoms with Gasteiger partial charge in [0.2, 0.25) is 0 Å². The van der Waals surface area contributed by atoms with Gasteiger partial charge in [-0.1, -0.05) is 30.3 Å². The van der Waals surface area contributed by atoms with Gasteiger partial charge in [0.25, 0.3) is 0 Å². The number of nitrogens with one attached hydrogen (secondary N) is 1. The number of nitriles is 1. The average molecular weight is 230 g/mol. The Balaban J connectivity index is 1.85. The Kier molecular flexibility index (Phi) is 4.54. The SMILES string of the molecule is N#CC(NCc1ccccc1)C1CCCOC1. The van der Waals surface area contributed by atoms with E-state index in [4.69, 9.17) is 4.74 Å². The molecule has 1 N–H and O–H groups in total. The van der Waals surface area contributed by atoms with E-state index in [1.165, 1.54) is 5.56 Å². The minimum atomic E-state index is -0.101. The molecular formula is C14H18N2O. The lowest BCUT2D eigenvalue weighted by Gasteiger charge is -2.26. The van der Waals surface area contributed by atoms with E-state index in [1.54, 1.807) is 0 Å². The molecule has 0 spiro atoms. The van der Waals surface area contributed by atoms with Crippen LogP contribution in [0.15, 0.2) is 30.3 Å². The summed E-state index contributed by atoms with van der Waals surface area (Å²) < 4.78 is 5.43. The Hall–Kier alpha value is -1.37. The van der Waals surface area contributed by atoms with Gasteiger partial charge >= 0.3 is 0 Å². The first-order valence-electron chi connectivity index (χ1n) is 6.15. The number of hydrogen-bond donors (Lipinski definition) is 1. The molecule has 2 unspecified atom stereocenters. The molecule has 2 rings (SSSR count). The first kappa shape index (κ1) is 12.1. The number of hydrogen-bond acceptors (Lipinski definition) is 3. The number of ether oxygens (including phenoxy) is 1. The first-order chi connectivity index (χ1) is 8.40. The summed E-state index contributed by atoms with van der Waals surface area (Å²) >= 11 is 0. The van der Waals surface area contributed by atoms with Crippen LogP contribution in [0.4, 0.5) is 0 Å². The molecule has 1 aliphatic rings. The molecule has 17 heavy (non-hydrogen) atoms. The third kappa shape index (κ3) is 3.55. The predicted molar refractivity (Wildman–Crippen MR) is 66.2 cm³/mol. The second kappa shape index (κ2) is 6.39. The van der Waals surface area contributed by atoms with Crippen LogP contribution >= 0.6 is 0 Å². The van der Waals surface area contributed by atoms with E-state index in [-0.39, 0.29) is 6.04 Å². The van der Waals surface area contributed by atoms with Crippen molar-refractivity contribution in [2.75, 3.05) is 13.2 Å². The van der Waals surface area contributed by atoms with Gasteiger partial charge in [-0.2, -0.15) is 5.26 Å². The summed E-state index contributed by atoms with van der Waals surface area (Å²) in [5.41, 5.74) is 1.21. The fourth-order valence-corrected chi connectivity index (χ4v) is 2.17. The van der Waals surface area contributed by atoms with Crippen LogP contribution in [0.5, 0.6) is 0 Å². The van der Waals surface area contributed by atoms with E-state index in [9.17, 15) is 5.26 Å². The molecule has 1 aliphatic heterocycles. The van der Waals surface area contributed by atoms with Crippen molar-refractivity contribution in [3.8, 4) is 6.07 Å². The number of nitrogens with zero attached hydrogens (tertiary/aromatic N) is 1. The van der Waals surface area contributed by atoms with E-state index < -0.39 is 0 Å². The first-order valence-corrected chi connectivity index (χ1v) is 6.15. The normalized spacial score (nSPS) is 21.7. The Morgan fingerprint density at radius 3 is 2.88 bits per heavy atom. The maximum Gasteiger partial charge on any atom is 0.101 e. The van der Waals surface area contributed by atoms with Crippen molar-refractivity contribution in [1.82, 2.24) is 5.32 Å². The molecular weight excluding hydrogens is 212 g/mol. The quantitative estimate of drug-likeness (QED) is 0.861. The van der Waals surface area contributed by atoms with Gasteiger partial charge in [-0.25, -0.2) is 0 Å². The zero-order chi connectivity index (χ0) is 11.9. The van der Waals surface area contributed by atoms with Gasteiger partial charge in [-0.15, -0.1) is 0 Å². The van der Waals surface area contributed by atoms with Crippen LogP contribution in [0, 0.1) is 17.2 Å². The van der Waals surface area contributed by atoms with Gasteiger partial charge in [-0.05, 0) is 18.4 Å². The summed E-state index contributed by atoms with van der Waals surface area (Å²) in [5.74, 6) is 0.331. The van der Waals surface area contributed by atoms with Crippen molar-refractivity contribution in [2.24, 2.45) is 5.92 Å². The second-order valence-electron chi connectivity index (χ2n) is 4.45. The molecule has 1 aromatic rings. The smallest absolute Gasteiger partial charge is 0.101 e. The lowest BCUT2D eigenvalue weighted by Crippen LogP contribution is -2.38. The molecule has 1 aromatic carbocycles. The maximum absolute atomic E-state index is 9.19. The molecule has 3 nitrogen and oxygen atoms in total. The molecule has 3 heteroatoms. The molecule has 1 saturated heterocycles. The predicted octanol–water partition coefficient (Wildman–Crippen LogP) is 2.09. The molecule has 0 amide bonds. The summed E-state index contributed by atoms with van der Waals surface area (Å²) in [5, 5.41) is 12.5. The summed E-state index contributed by atoms with van der Waals surface area (Å²) in [6, 6.07) is 12.4. The van der Waals surface area contributed by atoms with Crippen molar-refractivity contribution in [3.63, 3.8) is 0 Å². The summed E-state index contributed by atoms with van der Waals surface area (Å²) in [7, 11) is 0. The van der Waals surface area contributed by atoms with Crippen molar-refractivity contribution < 1.29 is 4.74 Å². The van der Waals surface area contributed by atoms with Crippen LogP contribution in [0.3, 0.4) is 0 Å². The number of benzene rings is 1. The molecule has 90 valence electrons. The molecule has 0 saturated carbocycles.